The zero-order chi connectivity index (χ0) is 7.90. The molecule has 11 heavy (non-hydrogen) atoms. The molecule has 2 aliphatic rings. The Bertz CT molecular complexity index is 158. The molecule has 2 N–H and O–H groups in total. The number of nitrogens with one attached hydrogen (secondary N) is 1. The molecule has 2 rings (SSSR count). The van der Waals surface area contributed by atoms with Crippen LogP contribution in [0.5, 0.6) is 0 Å². The number of aliphatic hydroxyl groups is 1. The molecule has 0 bridgehead atoms. The van der Waals surface area contributed by atoms with Crippen LogP contribution in [-0.4, -0.2) is 30.5 Å². The van der Waals surface area contributed by atoms with E-state index in [1.54, 1.807) is 0 Å². The summed E-state index contributed by atoms with van der Waals surface area (Å²) < 4.78 is 11.8. The van der Waals surface area contributed by atoms with E-state index < -0.39 is 12.8 Å². The fourth-order valence-corrected chi connectivity index (χ4v) is 1.68. The van der Waals surface area contributed by atoms with Crippen LogP contribution in [0.1, 0.15) is 19.3 Å². The Labute approximate surface area is 65.8 Å². The molecule has 0 aromatic carbocycles. The van der Waals surface area contributed by atoms with E-state index in [1.165, 1.54) is 19.3 Å². The summed E-state index contributed by atoms with van der Waals surface area (Å²) in [6.07, 6.45) is 3.10. The van der Waals surface area contributed by atoms with Crippen molar-refractivity contribution in [2.75, 3.05) is 13.2 Å². The van der Waals surface area contributed by atoms with Gasteiger partial charge >= 0.3 is 0 Å². The minimum atomic E-state index is -0.800. The summed E-state index contributed by atoms with van der Waals surface area (Å²) in [6, 6.07) is 0.587. The molecule has 2 atom stereocenters. The smallest absolute Gasteiger partial charge is 0.117 e. The van der Waals surface area contributed by atoms with Crippen molar-refractivity contribution in [1.82, 2.24) is 5.32 Å². The second-order valence-corrected chi connectivity index (χ2v) is 3.84. The molecule has 0 amide bonds. The summed E-state index contributed by atoms with van der Waals surface area (Å²) in [7, 11) is 0. The number of aliphatic hydroxyl groups excluding tert-OH is 1. The van der Waals surface area contributed by atoms with Crippen LogP contribution in [0.15, 0.2) is 0 Å². The molecule has 2 unspecified atom stereocenters. The Morgan fingerprint density at radius 3 is 2.82 bits per heavy atom. The minimum absolute atomic E-state index is 0.420. The van der Waals surface area contributed by atoms with Crippen LogP contribution in [0.25, 0.3) is 0 Å². The first-order valence-corrected chi connectivity index (χ1v) is 4.24. The van der Waals surface area contributed by atoms with Crippen molar-refractivity contribution in [3.8, 4) is 0 Å². The summed E-state index contributed by atoms with van der Waals surface area (Å²) in [5.74, 6) is 0. The number of hydrogen-bond donors (Lipinski definition) is 2. The third-order valence-corrected chi connectivity index (χ3v) is 2.86. The second-order valence-electron chi connectivity index (χ2n) is 3.84. The van der Waals surface area contributed by atoms with Gasteiger partial charge in [0.25, 0.3) is 0 Å². The second kappa shape index (κ2) is 2.42. The van der Waals surface area contributed by atoms with E-state index in [1.807, 2.05) is 0 Å². The maximum atomic E-state index is 11.8. The molecule has 1 spiro atoms. The fourth-order valence-electron chi connectivity index (χ4n) is 1.68. The van der Waals surface area contributed by atoms with Gasteiger partial charge < -0.3 is 10.4 Å². The molecule has 2 fully saturated rings. The van der Waals surface area contributed by atoms with Crippen LogP contribution < -0.4 is 5.32 Å². The molecule has 0 aliphatic heterocycles. The van der Waals surface area contributed by atoms with E-state index in [-0.39, 0.29) is 0 Å². The molecular formula is C8H14FNO. The molecular weight excluding hydrogens is 145 g/mol. The van der Waals surface area contributed by atoms with Crippen LogP contribution in [0, 0.1) is 5.41 Å². The number of halogens is 1. The molecule has 0 aromatic rings. The van der Waals surface area contributed by atoms with Gasteiger partial charge in [-0.1, -0.05) is 0 Å². The van der Waals surface area contributed by atoms with E-state index in [0.29, 0.717) is 18.0 Å². The first-order valence-electron chi connectivity index (χ1n) is 4.24. The molecule has 0 saturated heterocycles. The Kier molecular flexibility index (Phi) is 1.65. The summed E-state index contributed by atoms with van der Waals surface area (Å²) >= 11 is 0. The molecule has 2 aliphatic carbocycles. The third kappa shape index (κ3) is 1.40. The first-order chi connectivity index (χ1) is 5.27. The lowest BCUT2D eigenvalue weighted by Crippen LogP contribution is -2.30. The van der Waals surface area contributed by atoms with Crippen LogP contribution >= 0.6 is 0 Å². The third-order valence-electron chi connectivity index (χ3n) is 2.86. The van der Waals surface area contributed by atoms with Crippen molar-refractivity contribution in [2.45, 2.75) is 31.4 Å². The monoisotopic (exact) mass is 159 g/mol. The van der Waals surface area contributed by atoms with Gasteiger partial charge in [-0.3, -0.25) is 0 Å². The molecule has 0 heterocycles. The van der Waals surface area contributed by atoms with Gasteiger partial charge in [-0.15, -0.1) is 0 Å². The van der Waals surface area contributed by atoms with Crippen LogP contribution in [0.3, 0.4) is 0 Å². The summed E-state index contributed by atoms with van der Waals surface area (Å²) in [6.45, 7) is -0.213. The van der Waals surface area contributed by atoms with E-state index in [4.69, 9.17) is 5.11 Å². The van der Waals surface area contributed by atoms with E-state index >= 15 is 0 Å². The predicted octanol–water partition coefficient (Wildman–Crippen LogP) is 0.459. The lowest BCUT2D eigenvalue weighted by atomic mass is 10.3. The van der Waals surface area contributed by atoms with Crippen molar-refractivity contribution in [2.24, 2.45) is 5.41 Å². The van der Waals surface area contributed by atoms with Gasteiger partial charge in [0.1, 0.15) is 6.67 Å². The molecule has 0 radical (unpaired) electrons. The van der Waals surface area contributed by atoms with Gasteiger partial charge in [-0.05, 0) is 24.7 Å². The SMILES string of the molecule is OC(CF)CNC1CC12CC2. The van der Waals surface area contributed by atoms with Gasteiger partial charge in [0.2, 0.25) is 0 Å². The fraction of sp³-hybridized carbons (Fsp3) is 1.00. The highest BCUT2D eigenvalue weighted by molar-refractivity contribution is 5.17. The van der Waals surface area contributed by atoms with E-state index in [2.05, 4.69) is 5.32 Å². The van der Waals surface area contributed by atoms with Gasteiger partial charge in [0.15, 0.2) is 0 Å². The zero-order valence-corrected chi connectivity index (χ0v) is 6.52. The molecule has 2 saturated carbocycles. The Balaban J connectivity index is 1.61. The summed E-state index contributed by atoms with van der Waals surface area (Å²) in [4.78, 5) is 0. The van der Waals surface area contributed by atoms with Gasteiger partial charge in [0.05, 0.1) is 6.10 Å². The molecule has 0 aromatic heterocycles. The van der Waals surface area contributed by atoms with Crippen LogP contribution in [-0.2, 0) is 0 Å². The summed E-state index contributed by atoms with van der Waals surface area (Å²) in [5.41, 5.74) is 0.607. The quantitative estimate of drug-likeness (QED) is 0.624. The normalized spacial score (nSPS) is 33.8. The first kappa shape index (κ1) is 7.50. The molecule has 2 nitrogen and oxygen atoms in total. The number of rotatable bonds is 4. The zero-order valence-electron chi connectivity index (χ0n) is 6.52. The maximum Gasteiger partial charge on any atom is 0.117 e. The van der Waals surface area contributed by atoms with E-state index in [0.717, 1.165) is 0 Å². The Morgan fingerprint density at radius 1 is 1.64 bits per heavy atom. The van der Waals surface area contributed by atoms with Crippen molar-refractivity contribution in [1.29, 1.82) is 0 Å². The summed E-state index contributed by atoms with van der Waals surface area (Å²) in [5, 5.41) is 12.1. The van der Waals surface area contributed by atoms with Gasteiger partial charge in [-0.25, -0.2) is 4.39 Å². The standard InChI is InChI=1S/C8H14FNO/c9-4-6(11)5-10-7-3-8(7)1-2-8/h6-7,10-11H,1-5H2. The van der Waals surface area contributed by atoms with Crippen LogP contribution in [0.2, 0.25) is 0 Å². The van der Waals surface area contributed by atoms with Crippen molar-refractivity contribution >= 4 is 0 Å². The van der Waals surface area contributed by atoms with Crippen molar-refractivity contribution in [3.05, 3.63) is 0 Å². The average Bonchev–Trinajstić information content (AvgIpc) is 2.90. The molecule has 64 valence electrons. The maximum absolute atomic E-state index is 11.8. The number of hydrogen-bond acceptors (Lipinski definition) is 2. The average molecular weight is 159 g/mol. The largest absolute Gasteiger partial charge is 0.389 e. The van der Waals surface area contributed by atoms with E-state index in [9.17, 15) is 4.39 Å². The highest BCUT2D eigenvalue weighted by Crippen LogP contribution is 2.65. The van der Waals surface area contributed by atoms with Gasteiger partial charge in [0, 0.05) is 12.6 Å². The highest BCUT2D eigenvalue weighted by Gasteiger charge is 2.62. The number of alkyl halides is 1. The highest BCUT2D eigenvalue weighted by atomic mass is 19.1. The topological polar surface area (TPSA) is 32.3 Å². The molecule has 3 heteroatoms. The predicted molar refractivity (Wildman–Crippen MR) is 40.1 cm³/mol. The van der Waals surface area contributed by atoms with Crippen LogP contribution in [0.4, 0.5) is 4.39 Å². The lowest BCUT2D eigenvalue weighted by molar-refractivity contribution is 0.137. The Hall–Kier alpha value is -0.150. The van der Waals surface area contributed by atoms with Crippen molar-refractivity contribution in [3.63, 3.8) is 0 Å². The minimum Gasteiger partial charge on any atom is -0.389 e. The van der Waals surface area contributed by atoms with Gasteiger partial charge in [-0.2, -0.15) is 0 Å². The lowest BCUT2D eigenvalue weighted by Gasteiger charge is -2.06. The van der Waals surface area contributed by atoms with Crippen molar-refractivity contribution < 1.29 is 9.50 Å². The Morgan fingerprint density at radius 2 is 2.36 bits per heavy atom.